The van der Waals surface area contributed by atoms with Crippen LogP contribution in [0.15, 0.2) is 24.3 Å². The topological polar surface area (TPSA) is 0 Å². The molecule has 0 unspecified atom stereocenters. The van der Waals surface area contributed by atoms with Crippen molar-refractivity contribution in [1.29, 1.82) is 0 Å². The van der Waals surface area contributed by atoms with Crippen LogP contribution < -0.4 is 0 Å². The van der Waals surface area contributed by atoms with Crippen LogP contribution in [-0.2, 0) is 12.1 Å². The summed E-state index contributed by atoms with van der Waals surface area (Å²) in [5.41, 5.74) is 0.786. The third-order valence-electron chi connectivity index (χ3n) is 2.05. The fourth-order valence-electron chi connectivity index (χ4n) is 1.14. The van der Waals surface area contributed by atoms with Crippen molar-refractivity contribution in [2.45, 2.75) is 32.9 Å². The molecule has 12 heavy (non-hydrogen) atoms. The Morgan fingerprint density at radius 1 is 1.17 bits per heavy atom. The molecule has 0 spiro atoms. The third-order valence-corrected chi connectivity index (χ3v) is 2.05. The smallest absolute Gasteiger partial charge is 0.130 e. The maximum Gasteiger partial charge on any atom is 0.130 e. The van der Waals surface area contributed by atoms with Crippen molar-refractivity contribution in [1.82, 2.24) is 0 Å². The number of rotatable bonds is 2. The van der Waals surface area contributed by atoms with Gasteiger partial charge in [-0.15, -0.1) is 0 Å². The first-order valence-electron chi connectivity index (χ1n) is 4.32. The molecule has 0 aromatic heterocycles. The Hall–Kier alpha value is -0.850. The Kier molecular flexibility index (Phi) is 2.51. The van der Waals surface area contributed by atoms with Crippen molar-refractivity contribution in [3.8, 4) is 0 Å². The first kappa shape index (κ1) is 9.24. The van der Waals surface area contributed by atoms with Crippen LogP contribution in [0, 0.1) is 0 Å². The molecule has 1 aromatic carbocycles. The lowest BCUT2D eigenvalue weighted by atomic mass is 9.98. The third kappa shape index (κ3) is 2.07. The predicted octanol–water partition coefficient (Wildman–Crippen LogP) is 3.45. The Balaban J connectivity index is 2.93. The molecule has 0 atom stereocenters. The zero-order chi connectivity index (χ0) is 9.19. The summed E-state index contributed by atoms with van der Waals surface area (Å²) in [4.78, 5) is 0. The van der Waals surface area contributed by atoms with Gasteiger partial charge in [-0.2, -0.15) is 0 Å². The summed E-state index contributed by atoms with van der Waals surface area (Å²) in [5.74, 6) is 0. The second-order valence-electron chi connectivity index (χ2n) is 3.52. The number of hydrogen-bond donors (Lipinski definition) is 0. The Labute approximate surface area is 73.4 Å². The Bertz CT molecular complexity index is 241. The fraction of sp³-hybridized carbons (Fsp3) is 0.455. The zero-order valence-corrected chi connectivity index (χ0v) is 7.89. The zero-order valence-electron chi connectivity index (χ0n) is 7.89. The van der Waals surface area contributed by atoms with Crippen molar-refractivity contribution >= 4 is 0 Å². The molecular formula is C11H15F. The van der Waals surface area contributed by atoms with Crippen molar-refractivity contribution in [2.75, 3.05) is 0 Å². The average Bonchev–Trinajstić information content (AvgIpc) is 2.03. The van der Waals surface area contributed by atoms with Crippen molar-refractivity contribution < 1.29 is 4.39 Å². The second-order valence-corrected chi connectivity index (χ2v) is 3.52. The predicted molar refractivity (Wildman–Crippen MR) is 50.0 cm³/mol. The van der Waals surface area contributed by atoms with Gasteiger partial charge in [0.1, 0.15) is 5.67 Å². The highest BCUT2D eigenvalue weighted by atomic mass is 19.1. The van der Waals surface area contributed by atoms with E-state index in [2.05, 4.69) is 6.92 Å². The molecule has 1 aromatic rings. The molecule has 0 heterocycles. The second kappa shape index (κ2) is 3.26. The monoisotopic (exact) mass is 166 g/mol. The van der Waals surface area contributed by atoms with Gasteiger partial charge in [0.25, 0.3) is 0 Å². The van der Waals surface area contributed by atoms with E-state index in [0.29, 0.717) is 0 Å². The van der Waals surface area contributed by atoms with Gasteiger partial charge in [-0.3, -0.25) is 0 Å². The van der Waals surface area contributed by atoms with E-state index >= 15 is 0 Å². The molecule has 66 valence electrons. The summed E-state index contributed by atoms with van der Waals surface area (Å²) in [7, 11) is 0. The van der Waals surface area contributed by atoms with Crippen LogP contribution in [0.4, 0.5) is 4.39 Å². The van der Waals surface area contributed by atoms with E-state index in [1.54, 1.807) is 13.8 Å². The molecule has 0 fully saturated rings. The molecule has 0 amide bonds. The highest BCUT2D eigenvalue weighted by Gasteiger charge is 2.17. The van der Waals surface area contributed by atoms with E-state index < -0.39 is 5.67 Å². The Morgan fingerprint density at radius 3 is 2.00 bits per heavy atom. The van der Waals surface area contributed by atoms with Crippen LogP contribution in [0.2, 0.25) is 0 Å². The molecule has 1 rings (SSSR count). The summed E-state index contributed by atoms with van der Waals surface area (Å²) in [5, 5.41) is 0. The SMILES string of the molecule is CCc1ccc(C(C)(C)F)cc1. The molecule has 0 N–H and O–H groups in total. The lowest BCUT2D eigenvalue weighted by molar-refractivity contribution is 0.221. The van der Waals surface area contributed by atoms with Gasteiger partial charge in [0.15, 0.2) is 0 Å². The van der Waals surface area contributed by atoms with Gasteiger partial charge in [-0.25, -0.2) is 4.39 Å². The molecule has 0 bridgehead atoms. The lowest BCUT2D eigenvalue weighted by Crippen LogP contribution is -2.08. The quantitative estimate of drug-likeness (QED) is 0.631. The van der Waals surface area contributed by atoms with E-state index in [0.717, 1.165) is 12.0 Å². The van der Waals surface area contributed by atoms with Crippen LogP contribution in [0.1, 0.15) is 31.9 Å². The first-order chi connectivity index (χ1) is 5.54. The molecule has 0 nitrogen and oxygen atoms in total. The molecule has 0 aliphatic carbocycles. The highest BCUT2D eigenvalue weighted by Crippen LogP contribution is 2.24. The molecule has 0 aliphatic rings. The van der Waals surface area contributed by atoms with Crippen LogP contribution in [0.3, 0.4) is 0 Å². The normalized spacial score (nSPS) is 11.7. The van der Waals surface area contributed by atoms with Gasteiger partial charge in [-0.1, -0.05) is 31.2 Å². The number of alkyl halides is 1. The minimum atomic E-state index is -1.22. The summed E-state index contributed by atoms with van der Waals surface area (Å²) in [6.45, 7) is 5.25. The van der Waals surface area contributed by atoms with Crippen LogP contribution in [0.25, 0.3) is 0 Å². The van der Waals surface area contributed by atoms with E-state index in [4.69, 9.17) is 0 Å². The molecule has 0 radical (unpaired) electrons. The minimum absolute atomic E-state index is 0.750. The molecule has 0 aliphatic heterocycles. The van der Waals surface area contributed by atoms with Gasteiger partial charge in [0, 0.05) is 0 Å². The van der Waals surface area contributed by atoms with E-state index in [1.165, 1.54) is 5.56 Å². The van der Waals surface area contributed by atoms with E-state index in [9.17, 15) is 4.39 Å². The summed E-state index contributed by atoms with van der Waals surface area (Å²) in [6, 6.07) is 7.69. The lowest BCUT2D eigenvalue weighted by Gasteiger charge is -2.14. The first-order valence-corrected chi connectivity index (χ1v) is 4.32. The standard InChI is InChI=1S/C11H15F/c1-4-9-5-7-10(8-6-9)11(2,3)12/h5-8H,4H2,1-3H3. The molecule has 1 heteroatoms. The molecular weight excluding hydrogens is 151 g/mol. The van der Waals surface area contributed by atoms with E-state index in [1.807, 2.05) is 24.3 Å². The number of halogens is 1. The average molecular weight is 166 g/mol. The van der Waals surface area contributed by atoms with Gasteiger partial charge in [-0.05, 0) is 31.4 Å². The van der Waals surface area contributed by atoms with Crippen LogP contribution in [-0.4, -0.2) is 0 Å². The molecule has 0 saturated heterocycles. The summed E-state index contributed by atoms with van der Waals surface area (Å²) in [6.07, 6.45) is 1.01. The van der Waals surface area contributed by atoms with E-state index in [-0.39, 0.29) is 0 Å². The van der Waals surface area contributed by atoms with Gasteiger partial charge < -0.3 is 0 Å². The maximum absolute atomic E-state index is 13.4. The van der Waals surface area contributed by atoms with Crippen molar-refractivity contribution in [3.63, 3.8) is 0 Å². The van der Waals surface area contributed by atoms with Crippen molar-refractivity contribution in [2.24, 2.45) is 0 Å². The van der Waals surface area contributed by atoms with Gasteiger partial charge in [0.2, 0.25) is 0 Å². The summed E-state index contributed by atoms with van der Waals surface area (Å²) >= 11 is 0. The fourth-order valence-corrected chi connectivity index (χ4v) is 1.14. The molecule has 0 saturated carbocycles. The number of aryl methyl sites for hydroxylation is 1. The summed E-state index contributed by atoms with van der Waals surface area (Å²) < 4.78 is 13.4. The largest absolute Gasteiger partial charge is 0.239 e. The van der Waals surface area contributed by atoms with Crippen LogP contribution >= 0.6 is 0 Å². The Morgan fingerprint density at radius 2 is 1.67 bits per heavy atom. The van der Waals surface area contributed by atoms with Crippen molar-refractivity contribution in [3.05, 3.63) is 35.4 Å². The van der Waals surface area contributed by atoms with Crippen LogP contribution in [0.5, 0.6) is 0 Å². The number of hydrogen-bond acceptors (Lipinski definition) is 0. The maximum atomic E-state index is 13.4. The highest BCUT2D eigenvalue weighted by molar-refractivity contribution is 5.26. The minimum Gasteiger partial charge on any atom is -0.239 e. The van der Waals surface area contributed by atoms with Gasteiger partial charge >= 0.3 is 0 Å². The number of benzene rings is 1. The van der Waals surface area contributed by atoms with Gasteiger partial charge in [0.05, 0.1) is 0 Å².